The van der Waals surface area contributed by atoms with Crippen molar-refractivity contribution in [1.29, 1.82) is 0 Å². The molecule has 2 aliphatic heterocycles. The Kier molecular flexibility index (Phi) is 4.00. The van der Waals surface area contributed by atoms with Crippen LogP contribution in [0, 0.1) is 12.3 Å². The molecule has 2 atom stereocenters. The zero-order chi connectivity index (χ0) is 12.3. The number of aliphatic hydroxyl groups excluding tert-OH is 1. The number of nitrogens with zero attached hydrogens (tertiary/aromatic N) is 2. The fourth-order valence-corrected chi connectivity index (χ4v) is 2.38. The van der Waals surface area contributed by atoms with Gasteiger partial charge in [0.1, 0.15) is 0 Å². The number of carbonyl (C=O) groups is 1. The molecule has 2 rings (SSSR count). The lowest BCUT2D eigenvalue weighted by Gasteiger charge is -2.35. The van der Waals surface area contributed by atoms with Crippen LogP contribution in [-0.2, 0) is 4.79 Å². The maximum Gasteiger partial charge on any atom is 0.239 e. The van der Waals surface area contributed by atoms with E-state index in [0.29, 0.717) is 19.5 Å². The van der Waals surface area contributed by atoms with Crippen LogP contribution in [0.1, 0.15) is 6.42 Å². The van der Waals surface area contributed by atoms with Gasteiger partial charge in [0.25, 0.3) is 0 Å². The Hall–Kier alpha value is -1.09. The van der Waals surface area contributed by atoms with Gasteiger partial charge in [0, 0.05) is 32.7 Å². The fraction of sp³-hybridized carbons (Fsp3) is 0.750. The van der Waals surface area contributed by atoms with Crippen molar-refractivity contribution in [3.8, 4) is 12.3 Å². The maximum atomic E-state index is 12.1. The van der Waals surface area contributed by atoms with Crippen molar-refractivity contribution in [2.24, 2.45) is 0 Å². The summed E-state index contributed by atoms with van der Waals surface area (Å²) in [5.41, 5.74) is 0. The number of hydrogen-bond acceptors (Lipinski definition) is 4. The number of piperazine rings is 1. The predicted molar refractivity (Wildman–Crippen MR) is 64.3 cm³/mol. The maximum absolute atomic E-state index is 12.1. The summed E-state index contributed by atoms with van der Waals surface area (Å²) < 4.78 is 0. The third kappa shape index (κ3) is 2.97. The van der Waals surface area contributed by atoms with E-state index < -0.39 is 0 Å². The van der Waals surface area contributed by atoms with Crippen LogP contribution in [0.2, 0.25) is 0 Å². The molecule has 17 heavy (non-hydrogen) atoms. The van der Waals surface area contributed by atoms with E-state index in [0.717, 1.165) is 26.2 Å². The van der Waals surface area contributed by atoms with Crippen molar-refractivity contribution in [3.63, 3.8) is 0 Å². The third-order valence-corrected chi connectivity index (χ3v) is 3.40. The molecule has 0 saturated carbocycles. The molecular formula is C12H19N3O2. The molecule has 0 bridgehead atoms. The SMILES string of the molecule is C#CCN1CCN(C(=O)C2CC(O)CN2)CC1. The van der Waals surface area contributed by atoms with Gasteiger partial charge in [0.2, 0.25) is 5.91 Å². The fourth-order valence-electron chi connectivity index (χ4n) is 2.38. The highest BCUT2D eigenvalue weighted by molar-refractivity contribution is 5.82. The van der Waals surface area contributed by atoms with Crippen molar-refractivity contribution in [1.82, 2.24) is 15.1 Å². The number of amides is 1. The van der Waals surface area contributed by atoms with E-state index in [-0.39, 0.29) is 18.1 Å². The minimum Gasteiger partial charge on any atom is -0.392 e. The highest BCUT2D eigenvalue weighted by atomic mass is 16.3. The van der Waals surface area contributed by atoms with Crippen LogP contribution in [0.25, 0.3) is 0 Å². The number of hydrogen-bond donors (Lipinski definition) is 2. The topological polar surface area (TPSA) is 55.8 Å². The molecule has 2 fully saturated rings. The van der Waals surface area contributed by atoms with Gasteiger partial charge in [-0.05, 0) is 6.42 Å². The van der Waals surface area contributed by atoms with E-state index in [4.69, 9.17) is 6.42 Å². The van der Waals surface area contributed by atoms with Crippen LogP contribution < -0.4 is 5.32 Å². The Morgan fingerprint density at radius 1 is 1.41 bits per heavy atom. The van der Waals surface area contributed by atoms with Crippen LogP contribution in [0.5, 0.6) is 0 Å². The summed E-state index contributed by atoms with van der Waals surface area (Å²) in [4.78, 5) is 16.1. The molecule has 2 N–H and O–H groups in total. The zero-order valence-electron chi connectivity index (χ0n) is 9.93. The van der Waals surface area contributed by atoms with Gasteiger partial charge in [-0.15, -0.1) is 6.42 Å². The smallest absolute Gasteiger partial charge is 0.239 e. The molecule has 2 saturated heterocycles. The van der Waals surface area contributed by atoms with E-state index in [1.54, 1.807) is 0 Å². The van der Waals surface area contributed by atoms with Crippen molar-refractivity contribution in [3.05, 3.63) is 0 Å². The molecule has 0 aromatic heterocycles. The Labute approximate surface area is 102 Å². The Morgan fingerprint density at radius 3 is 2.65 bits per heavy atom. The van der Waals surface area contributed by atoms with E-state index in [1.165, 1.54) is 0 Å². The highest BCUT2D eigenvalue weighted by Crippen LogP contribution is 2.11. The number of carbonyl (C=O) groups excluding carboxylic acids is 1. The second-order valence-electron chi connectivity index (χ2n) is 4.66. The first kappa shape index (κ1) is 12.4. The van der Waals surface area contributed by atoms with E-state index in [9.17, 15) is 9.90 Å². The predicted octanol–water partition coefficient (Wildman–Crippen LogP) is -1.51. The van der Waals surface area contributed by atoms with Crippen molar-refractivity contribution >= 4 is 5.91 Å². The first-order chi connectivity index (χ1) is 8.20. The average Bonchev–Trinajstić information content (AvgIpc) is 2.76. The minimum absolute atomic E-state index is 0.113. The minimum atomic E-state index is -0.383. The van der Waals surface area contributed by atoms with Crippen LogP contribution in [-0.4, -0.2) is 72.2 Å². The van der Waals surface area contributed by atoms with Gasteiger partial charge in [-0.3, -0.25) is 9.69 Å². The normalized spacial score (nSPS) is 30.2. The molecule has 0 aromatic rings. The molecule has 1 amide bonds. The van der Waals surface area contributed by atoms with Gasteiger partial charge in [0.05, 0.1) is 18.7 Å². The van der Waals surface area contributed by atoms with E-state index in [1.807, 2.05) is 4.90 Å². The van der Waals surface area contributed by atoms with Gasteiger partial charge in [-0.1, -0.05) is 5.92 Å². The number of rotatable bonds is 2. The lowest BCUT2D eigenvalue weighted by atomic mass is 10.1. The summed E-state index contributed by atoms with van der Waals surface area (Å²) in [7, 11) is 0. The first-order valence-electron chi connectivity index (χ1n) is 6.06. The van der Waals surface area contributed by atoms with E-state index >= 15 is 0 Å². The van der Waals surface area contributed by atoms with Crippen LogP contribution >= 0.6 is 0 Å². The molecule has 0 aromatic carbocycles. The molecule has 94 valence electrons. The van der Waals surface area contributed by atoms with Crippen molar-refractivity contribution in [2.45, 2.75) is 18.6 Å². The molecule has 2 aliphatic rings. The second-order valence-corrected chi connectivity index (χ2v) is 4.66. The molecular weight excluding hydrogens is 218 g/mol. The molecule has 5 heteroatoms. The zero-order valence-corrected chi connectivity index (χ0v) is 9.93. The van der Waals surface area contributed by atoms with Gasteiger partial charge in [0.15, 0.2) is 0 Å². The first-order valence-corrected chi connectivity index (χ1v) is 6.06. The summed E-state index contributed by atoms with van der Waals surface area (Å²) >= 11 is 0. The van der Waals surface area contributed by atoms with Crippen LogP contribution in [0.4, 0.5) is 0 Å². The Morgan fingerprint density at radius 2 is 2.12 bits per heavy atom. The number of terminal acetylenes is 1. The van der Waals surface area contributed by atoms with Crippen molar-refractivity contribution in [2.75, 3.05) is 39.3 Å². The molecule has 0 spiro atoms. The number of nitrogens with one attached hydrogen (secondary N) is 1. The Balaban J connectivity index is 1.80. The molecule has 0 aliphatic carbocycles. The van der Waals surface area contributed by atoms with Gasteiger partial charge < -0.3 is 15.3 Å². The summed E-state index contributed by atoms with van der Waals surface area (Å²) in [6, 6.07) is -0.204. The van der Waals surface area contributed by atoms with Gasteiger partial charge in [-0.25, -0.2) is 0 Å². The number of aliphatic hydroxyl groups is 1. The number of β-amino-alcohol motifs (C(OH)–C–C–N with tert-alkyl or cyclic N) is 1. The highest BCUT2D eigenvalue weighted by Gasteiger charge is 2.32. The van der Waals surface area contributed by atoms with Gasteiger partial charge >= 0.3 is 0 Å². The second kappa shape index (κ2) is 5.50. The lowest BCUT2D eigenvalue weighted by molar-refractivity contribution is -0.134. The molecule has 2 heterocycles. The van der Waals surface area contributed by atoms with E-state index in [2.05, 4.69) is 16.1 Å². The monoisotopic (exact) mass is 237 g/mol. The molecule has 0 radical (unpaired) electrons. The van der Waals surface area contributed by atoms with Crippen LogP contribution in [0.15, 0.2) is 0 Å². The summed E-state index contributed by atoms with van der Waals surface area (Å²) in [5.74, 6) is 2.73. The summed E-state index contributed by atoms with van der Waals surface area (Å²) in [5, 5.41) is 12.4. The Bertz CT molecular complexity index is 318. The largest absolute Gasteiger partial charge is 0.392 e. The third-order valence-electron chi connectivity index (χ3n) is 3.40. The van der Waals surface area contributed by atoms with Gasteiger partial charge in [-0.2, -0.15) is 0 Å². The summed E-state index contributed by atoms with van der Waals surface area (Å²) in [6.07, 6.45) is 5.41. The standard InChI is InChI=1S/C12H19N3O2/c1-2-3-14-4-6-15(7-5-14)12(17)11-8-10(16)9-13-11/h1,10-11,13,16H,3-9H2. The quantitative estimate of drug-likeness (QED) is 0.573. The van der Waals surface area contributed by atoms with Crippen molar-refractivity contribution < 1.29 is 9.90 Å². The average molecular weight is 237 g/mol. The van der Waals surface area contributed by atoms with Crippen LogP contribution in [0.3, 0.4) is 0 Å². The lowest BCUT2D eigenvalue weighted by Crippen LogP contribution is -2.53. The molecule has 2 unspecified atom stereocenters. The molecule has 5 nitrogen and oxygen atoms in total. The summed E-state index contributed by atoms with van der Waals surface area (Å²) in [6.45, 7) is 4.32.